The molecule has 0 amide bonds. The van der Waals surface area contributed by atoms with Gasteiger partial charge in [0.2, 0.25) is 0 Å². The topological polar surface area (TPSA) is 26.3 Å². The molecule has 160 valence electrons. The Hall–Kier alpha value is -0.771. The Kier molecular flexibility index (Phi) is 16.6. The summed E-state index contributed by atoms with van der Waals surface area (Å²) in [5.74, 6) is -0.271. The standard InChI is InChI=1S/C13H17O2.3C4H9.Sn/c1-5-11(3)8-7-9-12(4)10-13(14)15-6-2;3*1-3-4-2;/h1,5,7-10H,6H2,2-4H3;3*1,3-4H2,2H3;/b5-1?,9-7+,11-8-,12-10+;;;;. The van der Waals surface area contributed by atoms with Crippen LogP contribution in [0.4, 0.5) is 0 Å². The maximum atomic E-state index is 11.5. The van der Waals surface area contributed by atoms with Gasteiger partial charge in [0.15, 0.2) is 0 Å². The summed E-state index contributed by atoms with van der Waals surface area (Å²) in [5.41, 5.74) is 2.21. The summed E-state index contributed by atoms with van der Waals surface area (Å²) < 4.78 is 12.2. The van der Waals surface area contributed by atoms with Crippen molar-refractivity contribution in [3.63, 3.8) is 0 Å². The molecule has 0 fully saturated rings. The van der Waals surface area contributed by atoms with Crippen LogP contribution in [0, 0.1) is 0 Å². The predicted octanol–water partition coefficient (Wildman–Crippen LogP) is 7.94. The summed E-state index contributed by atoms with van der Waals surface area (Å²) in [4.78, 5) is 11.5. The number of esters is 1. The molecule has 0 aliphatic carbocycles. The molecule has 0 saturated heterocycles. The molecule has 0 aromatic heterocycles. The monoisotopic (exact) mass is 496 g/mol. The minimum absolute atomic E-state index is 0.271. The van der Waals surface area contributed by atoms with Gasteiger partial charge in [-0.2, -0.15) is 0 Å². The number of unbranched alkanes of at least 4 members (excludes halogenated alkanes) is 3. The molecular formula is C25H44O2Sn. The molecule has 3 heteroatoms. The van der Waals surface area contributed by atoms with Crippen molar-refractivity contribution >= 4 is 24.3 Å². The molecule has 28 heavy (non-hydrogen) atoms. The van der Waals surface area contributed by atoms with Gasteiger partial charge in [-0.1, -0.05) is 0 Å². The first-order chi connectivity index (χ1) is 13.4. The number of hydrogen-bond donors (Lipinski definition) is 0. The molecule has 0 rings (SSSR count). The van der Waals surface area contributed by atoms with Crippen LogP contribution in [0.15, 0.2) is 45.6 Å². The molecule has 0 spiro atoms. The van der Waals surface area contributed by atoms with E-state index in [0.717, 1.165) is 5.57 Å². The average molecular weight is 495 g/mol. The molecular weight excluding hydrogens is 451 g/mol. The van der Waals surface area contributed by atoms with Crippen LogP contribution in [-0.4, -0.2) is 31.0 Å². The van der Waals surface area contributed by atoms with E-state index >= 15 is 0 Å². The van der Waals surface area contributed by atoms with E-state index in [-0.39, 0.29) is 5.97 Å². The summed E-state index contributed by atoms with van der Waals surface area (Å²) in [5, 5.41) is 0. The number of hydrogen-bond acceptors (Lipinski definition) is 2. The Bertz CT molecular complexity index is 519. The minimum atomic E-state index is -2.19. The van der Waals surface area contributed by atoms with Gasteiger partial charge in [-0.15, -0.1) is 0 Å². The zero-order valence-electron chi connectivity index (χ0n) is 19.4. The first-order valence-electron chi connectivity index (χ1n) is 11.3. The number of ether oxygens (including phenoxy) is 1. The normalized spacial score (nSPS) is 13.6. The quantitative estimate of drug-likeness (QED) is 0.0998. The van der Waals surface area contributed by atoms with Crippen molar-refractivity contribution in [2.45, 2.75) is 93.4 Å². The van der Waals surface area contributed by atoms with E-state index in [1.54, 1.807) is 6.08 Å². The van der Waals surface area contributed by atoms with E-state index in [1.165, 1.54) is 57.4 Å². The first-order valence-corrected chi connectivity index (χ1v) is 19.0. The fraction of sp³-hybridized carbons (Fsp3) is 0.640. The maximum absolute atomic E-state index is 11.5. The Morgan fingerprint density at radius 3 is 1.82 bits per heavy atom. The van der Waals surface area contributed by atoms with E-state index in [2.05, 4.69) is 43.9 Å². The van der Waals surface area contributed by atoms with Gasteiger partial charge >= 0.3 is 179 Å². The first kappa shape index (κ1) is 27.2. The van der Waals surface area contributed by atoms with Crippen molar-refractivity contribution in [3.8, 4) is 0 Å². The van der Waals surface area contributed by atoms with Gasteiger partial charge in [0.05, 0.1) is 0 Å². The van der Waals surface area contributed by atoms with Crippen LogP contribution in [0.2, 0.25) is 13.3 Å². The molecule has 0 aromatic rings. The molecule has 0 heterocycles. The fourth-order valence-electron chi connectivity index (χ4n) is 3.34. The number of rotatable bonds is 15. The second kappa shape index (κ2) is 17.1. The molecule has 2 nitrogen and oxygen atoms in total. The Morgan fingerprint density at radius 2 is 1.36 bits per heavy atom. The molecule has 0 aliphatic rings. The van der Waals surface area contributed by atoms with Crippen LogP contribution < -0.4 is 0 Å². The molecule has 0 N–H and O–H groups in total. The number of carbonyl (C=O) groups is 1. The van der Waals surface area contributed by atoms with Crippen LogP contribution in [0.3, 0.4) is 0 Å². The SMILES string of the molecule is CCC[CH2][Sn](/[CH]=C/C(C)=C\C=C\C(C)=C\C(=O)OCC)([CH2]CCC)[CH2]CCC. The number of allylic oxidation sites excluding steroid dienone is 6. The zero-order chi connectivity index (χ0) is 21.3. The Morgan fingerprint density at radius 1 is 0.821 bits per heavy atom. The molecule has 0 unspecified atom stereocenters. The van der Waals surface area contributed by atoms with Crippen LogP contribution in [0.25, 0.3) is 0 Å². The van der Waals surface area contributed by atoms with Crippen molar-refractivity contribution < 1.29 is 9.53 Å². The molecule has 0 atom stereocenters. The summed E-state index contributed by atoms with van der Waals surface area (Å²) >= 11 is -2.19. The molecule has 0 radical (unpaired) electrons. The van der Waals surface area contributed by atoms with Crippen molar-refractivity contribution in [2.75, 3.05) is 6.61 Å². The van der Waals surface area contributed by atoms with Crippen LogP contribution in [0.1, 0.15) is 80.1 Å². The van der Waals surface area contributed by atoms with Gasteiger partial charge in [0, 0.05) is 0 Å². The summed E-state index contributed by atoms with van der Waals surface area (Å²) in [6.07, 6.45) is 18.2. The fourth-order valence-corrected chi connectivity index (χ4v) is 17.7. The second-order valence-corrected chi connectivity index (χ2v) is 20.9. The van der Waals surface area contributed by atoms with Crippen molar-refractivity contribution in [1.82, 2.24) is 0 Å². The van der Waals surface area contributed by atoms with Gasteiger partial charge < -0.3 is 0 Å². The van der Waals surface area contributed by atoms with Crippen LogP contribution in [-0.2, 0) is 9.53 Å². The Balaban J connectivity index is 5.18. The van der Waals surface area contributed by atoms with Crippen LogP contribution in [0.5, 0.6) is 0 Å². The van der Waals surface area contributed by atoms with E-state index in [1.807, 2.05) is 26.0 Å². The van der Waals surface area contributed by atoms with E-state index < -0.39 is 18.4 Å². The Labute approximate surface area is 179 Å². The van der Waals surface area contributed by atoms with Crippen molar-refractivity contribution in [1.29, 1.82) is 0 Å². The summed E-state index contributed by atoms with van der Waals surface area (Å²) in [6.45, 7) is 13.3. The second-order valence-electron chi connectivity index (χ2n) is 7.92. The van der Waals surface area contributed by atoms with Crippen LogP contribution >= 0.6 is 0 Å². The predicted molar refractivity (Wildman–Crippen MR) is 127 cm³/mol. The molecule has 0 saturated carbocycles. The van der Waals surface area contributed by atoms with Gasteiger partial charge in [0.25, 0.3) is 0 Å². The van der Waals surface area contributed by atoms with Gasteiger partial charge in [-0.05, 0) is 0 Å². The molecule has 0 aromatic carbocycles. The van der Waals surface area contributed by atoms with Crippen molar-refractivity contribution in [3.05, 3.63) is 45.6 Å². The van der Waals surface area contributed by atoms with E-state index in [9.17, 15) is 4.79 Å². The van der Waals surface area contributed by atoms with Gasteiger partial charge in [-0.25, -0.2) is 0 Å². The third-order valence-corrected chi connectivity index (χ3v) is 19.2. The molecule has 0 bridgehead atoms. The number of carbonyl (C=O) groups excluding carboxylic acids is 1. The van der Waals surface area contributed by atoms with E-state index in [0.29, 0.717) is 6.61 Å². The third kappa shape index (κ3) is 13.4. The van der Waals surface area contributed by atoms with Gasteiger partial charge in [0.1, 0.15) is 0 Å². The summed E-state index contributed by atoms with van der Waals surface area (Å²) in [7, 11) is 0. The molecule has 0 aliphatic heterocycles. The van der Waals surface area contributed by atoms with Crippen molar-refractivity contribution in [2.24, 2.45) is 0 Å². The third-order valence-electron chi connectivity index (χ3n) is 5.13. The zero-order valence-corrected chi connectivity index (χ0v) is 22.2. The average Bonchev–Trinajstić information content (AvgIpc) is 2.67. The van der Waals surface area contributed by atoms with E-state index in [4.69, 9.17) is 4.74 Å². The summed E-state index contributed by atoms with van der Waals surface area (Å²) in [6, 6.07) is 0. The van der Waals surface area contributed by atoms with Gasteiger partial charge in [-0.3, -0.25) is 0 Å².